The van der Waals surface area contributed by atoms with Crippen LogP contribution in [0.15, 0.2) is 12.1 Å². The van der Waals surface area contributed by atoms with E-state index in [1.807, 2.05) is 27.7 Å². The van der Waals surface area contributed by atoms with Crippen molar-refractivity contribution in [3.8, 4) is 5.75 Å². The zero-order chi connectivity index (χ0) is 18.3. The Morgan fingerprint density at radius 2 is 1.79 bits per heavy atom. The number of benzene rings is 1. The maximum atomic E-state index is 14.0. The van der Waals surface area contributed by atoms with Crippen molar-refractivity contribution in [2.45, 2.75) is 57.9 Å². The molecule has 8 heteroatoms. The highest BCUT2D eigenvalue weighted by Gasteiger charge is 2.55. The number of hydrogen-bond acceptors (Lipinski definition) is 3. The summed E-state index contributed by atoms with van der Waals surface area (Å²) in [4.78, 5) is 0. The number of alkyl halides is 3. The molecule has 1 aromatic carbocycles. The van der Waals surface area contributed by atoms with Gasteiger partial charge in [0.1, 0.15) is 11.6 Å². The number of methoxy groups -OCH3 is 1. The molecular formula is C16H21BF4O3. The highest BCUT2D eigenvalue weighted by atomic mass is 19.4. The number of halogens is 4. The maximum Gasteiger partial charge on any atom is 0.498 e. The first-order chi connectivity index (χ1) is 10.9. The van der Waals surface area contributed by atoms with E-state index in [9.17, 15) is 17.6 Å². The first-order valence-corrected chi connectivity index (χ1v) is 7.75. The van der Waals surface area contributed by atoms with Gasteiger partial charge in [-0.05, 0) is 39.3 Å². The van der Waals surface area contributed by atoms with Crippen molar-refractivity contribution in [2.24, 2.45) is 0 Å². The molecule has 1 atom stereocenters. The fraction of sp³-hybridized carbons (Fsp3) is 0.625. The summed E-state index contributed by atoms with van der Waals surface area (Å²) in [6.07, 6.45) is -3.26. The van der Waals surface area contributed by atoms with Gasteiger partial charge in [-0.3, -0.25) is 0 Å². The number of rotatable bonds is 4. The Morgan fingerprint density at radius 1 is 1.17 bits per heavy atom. The summed E-state index contributed by atoms with van der Waals surface area (Å²) in [7, 11) is 0.227. The lowest BCUT2D eigenvalue weighted by molar-refractivity contribution is -0.140. The molecule has 1 unspecified atom stereocenters. The maximum absolute atomic E-state index is 14.0. The van der Waals surface area contributed by atoms with Crippen molar-refractivity contribution in [2.75, 3.05) is 7.11 Å². The van der Waals surface area contributed by atoms with Crippen LogP contribution in [0.25, 0.3) is 0 Å². The Hall–Kier alpha value is -1.28. The molecule has 1 aromatic rings. The molecule has 0 bridgehead atoms. The average molecular weight is 348 g/mol. The fourth-order valence-corrected chi connectivity index (χ4v) is 2.91. The van der Waals surface area contributed by atoms with E-state index in [0.29, 0.717) is 12.5 Å². The van der Waals surface area contributed by atoms with Gasteiger partial charge in [0.25, 0.3) is 0 Å². The van der Waals surface area contributed by atoms with E-state index in [0.717, 1.165) is 12.5 Å². The predicted octanol–water partition coefficient (Wildman–Crippen LogP) is 3.93. The lowest BCUT2D eigenvalue weighted by Crippen LogP contribution is -2.44. The quantitative estimate of drug-likeness (QED) is 0.610. The Morgan fingerprint density at radius 3 is 2.29 bits per heavy atom. The van der Waals surface area contributed by atoms with Gasteiger partial charge in [0.05, 0.1) is 23.9 Å². The van der Waals surface area contributed by atoms with E-state index in [-0.39, 0.29) is 11.2 Å². The SMILES string of the molecule is CCCC1(C)OB(c2cc(F)c(C(F)(F)F)cc2OC)OC1(C)C. The van der Waals surface area contributed by atoms with Crippen molar-refractivity contribution >= 4 is 12.6 Å². The van der Waals surface area contributed by atoms with E-state index in [1.54, 1.807) is 0 Å². The van der Waals surface area contributed by atoms with Crippen LogP contribution in [0.3, 0.4) is 0 Å². The van der Waals surface area contributed by atoms with E-state index in [1.165, 1.54) is 7.11 Å². The van der Waals surface area contributed by atoms with Gasteiger partial charge in [0.15, 0.2) is 0 Å². The van der Waals surface area contributed by atoms with Crippen LogP contribution in [0.2, 0.25) is 0 Å². The molecule has 0 saturated carbocycles. The molecule has 1 aliphatic rings. The normalized spacial score (nSPS) is 23.6. The second-order valence-electron chi connectivity index (χ2n) is 6.63. The molecule has 1 heterocycles. The third-order valence-corrected chi connectivity index (χ3v) is 4.65. The van der Waals surface area contributed by atoms with Crippen LogP contribution >= 0.6 is 0 Å². The first kappa shape index (κ1) is 19.1. The van der Waals surface area contributed by atoms with Gasteiger partial charge in [-0.1, -0.05) is 13.3 Å². The van der Waals surface area contributed by atoms with Crippen LogP contribution in [0.1, 0.15) is 46.1 Å². The second kappa shape index (κ2) is 6.22. The highest BCUT2D eigenvalue weighted by molar-refractivity contribution is 6.63. The van der Waals surface area contributed by atoms with Crippen molar-refractivity contribution in [1.29, 1.82) is 0 Å². The summed E-state index contributed by atoms with van der Waals surface area (Å²) in [6, 6.07) is 1.42. The lowest BCUT2D eigenvalue weighted by atomic mass is 9.77. The van der Waals surface area contributed by atoms with Gasteiger partial charge in [0, 0.05) is 5.46 Å². The molecular weight excluding hydrogens is 327 g/mol. The standard InChI is InChI=1S/C16H21BF4O3/c1-6-7-15(4)14(2,3)23-17(24-15)11-9-12(18)10(16(19,20)21)8-13(11)22-5/h8-9H,6-7H2,1-5H3. The van der Waals surface area contributed by atoms with Gasteiger partial charge >= 0.3 is 13.3 Å². The van der Waals surface area contributed by atoms with Crippen LogP contribution in [-0.2, 0) is 15.5 Å². The zero-order valence-electron chi connectivity index (χ0n) is 14.4. The Labute approximate surface area is 139 Å². The van der Waals surface area contributed by atoms with Gasteiger partial charge in [-0.25, -0.2) is 4.39 Å². The third kappa shape index (κ3) is 3.26. The van der Waals surface area contributed by atoms with Crippen LogP contribution in [-0.4, -0.2) is 25.4 Å². The molecule has 3 nitrogen and oxygen atoms in total. The van der Waals surface area contributed by atoms with Gasteiger partial charge in [0.2, 0.25) is 0 Å². The molecule has 0 aliphatic carbocycles. The molecule has 0 amide bonds. The zero-order valence-corrected chi connectivity index (χ0v) is 14.4. The van der Waals surface area contributed by atoms with Gasteiger partial charge in [-0.15, -0.1) is 0 Å². The summed E-state index contributed by atoms with van der Waals surface area (Å²) in [5, 5.41) is 0. The molecule has 24 heavy (non-hydrogen) atoms. The molecule has 0 N–H and O–H groups in total. The van der Waals surface area contributed by atoms with Gasteiger partial charge < -0.3 is 14.0 Å². The largest absolute Gasteiger partial charge is 0.498 e. The molecule has 0 spiro atoms. The summed E-state index contributed by atoms with van der Waals surface area (Å²) >= 11 is 0. The summed E-state index contributed by atoms with van der Waals surface area (Å²) < 4.78 is 69.4. The van der Waals surface area contributed by atoms with Crippen LogP contribution in [0.4, 0.5) is 17.6 Å². The topological polar surface area (TPSA) is 27.7 Å². The molecule has 1 saturated heterocycles. The molecule has 1 fully saturated rings. The molecule has 2 rings (SSSR count). The van der Waals surface area contributed by atoms with E-state index in [4.69, 9.17) is 14.0 Å². The number of ether oxygens (including phenoxy) is 1. The van der Waals surface area contributed by atoms with E-state index in [2.05, 4.69) is 0 Å². The second-order valence-corrected chi connectivity index (χ2v) is 6.63. The monoisotopic (exact) mass is 348 g/mol. The van der Waals surface area contributed by atoms with Crippen molar-refractivity contribution in [3.05, 3.63) is 23.5 Å². The minimum Gasteiger partial charge on any atom is -0.497 e. The highest BCUT2D eigenvalue weighted by Crippen LogP contribution is 2.41. The molecule has 134 valence electrons. The lowest BCUT2D eigenvalue weighted by Gasteiger charge is -2.36. The number of hydrogen-bond donors (Lipinski definition) is 0. The van der Waals surface area contributed by atoms with E-state index < -0.39 is 35.9 Å². The summed E-state index contributed by atoms with van der Waals surface area (Å²) in [5.41, 5.74) is -2.60. The van der Waals surface area contributed by atoms with Crippen molar-refractivity contribution in [3.63, 3.8) is 0 Å². The average Bonchev–Trinajstić information content (AvgIpc) is 2.67. The summed E-state index contributed by atoms with van der Waals surface area (Å²) in [6.45, 7) is 7.56. The fourth-order valence-electron chi connectivity index (χ4n) is 2.91. The first-order valence-electron chi connectivity index (χ1n) is 7.75. The molecule has 0 radical (unpaired) electrons. The van der Waals surface area contributed by atoms with Crippen LogP contribution in [0.5, 0.6) is 5.75 Å². The van der Waals surface area contributed by atoms with Crippen molar-refractivity contribution in [1.82, 2.24) is 0 Å². The smallest absolute Gasteiger partial charge is 0.497 e. The van der Waals surface area contributed by atoms with Gasteiger partial charge in [-0.2, -0.15) is 13.2 Å². The molecule has 0 aromatic heterocycles. The Balaban J connectivity index is 2.45. The minimum atomic E-state index is -4.80. The predicted molar refractivity (Wildman–Crippen MR) is 82.9 cm³/mol. The van der Waals surface area contributed by atoms with E-state index >= 15 is 0 Å². The Kier molecular flexibility index (Phi) is 4.94. The van der Waals surface area contributed by atoms with Crippen molar-refractivity contribution < 1.29 is 31.6 Å². The van der Waals surface area contributed by atoms with Crippen LogP contribution < -0.4 is 10.2 Å². The summed E-state index contributed by atoms with van der Waals surface area (Å²) in [5.74, 6) is -1.50. The third-order valence-electron chi connectivity index (χ3n) is 4.65. The Bertz CT molecular complexity index is 618. The van der Waals surface area contributed by atoms with Crippen LogP contribution in [0, 0.1) is 5.82 Å². The minimum absolute atomic E-state index is 0.107. The molecule has 1 aliphatic heterocycles.